The van der Waals surface area contributed by atoms with Gasteiger partial charge in [0.2, 0.25) is 23.6 Å². The summed E-state index contributed by atoms with van der Waals surface area (Å²) in [6.45, 7) is -0.00602. The molecule has 1 aromatic heterocycles. The molecule has 11 N–H and O–H groups in total. The lowest BCUT2D eigenvalue weighted by Crippen LogP contribution is -2.57. The SMILES string of the molecule is NCCCCC(NC(=O)C(CC(N)=O)NC(=O)C(Cc1cnc[nH]1)NC(=O)CN)C(=O)O. The van der Waals surface area contributed by atoms with Gasteiger partial charge in [-0.05, 0) is 25.8 Å². The molecule has 0 fully saturated rings. The lowest BCUT2D eigenvalue weighted by molar-refractivity contribution is -0.142. The third kappa shape index (κ3) is 9.53. The molecular weight excluding hydrogens is 424 g/mol. The highest BCUT2D eigenvalue weighted by atomic mass is 16.4. The number of hydrogen-bond acceptors (Lipinski definition) is 8. The number of carboxylic acid groups (broad SMARTS) is 1. The summed E-state index contributed by atoms with van der Waals surface area (Å²) >= 11 is 0. The van der Waals surface area contributed by atoms with Crippen LogP contribution >= 0.6 is 0 Å². The molecule has 0 spiro atoms. The summed E-state index contributed by atoms with van der Waals surface area (Å²) in [7, 11) is 0. The highest BCUT2D eigenvalue weighted by molar-refractivity contribution is 5.95. The van der Waals surface area contributed by atoms with Crippen LogP contribution in [0.3, 0.4) is 0 Å². The molecule has 0 saturated carbocycles. The molecule has 1 aromatic rings. The summed E-state index contributed by atoms with van der Waals surface area (Å²) < 4.78 is 0. The number of amides is 4. The van der Waals surface area contributed by atoms with Crippen LogP contribution in [0.25, 0.3) is 0 Å². The monoisotopic (exact) mass is 454 g/mol. The van der Waals surface area contributed by atoms with Gasteiger partial charge >= 0.3 is 5.97 Å². The van der Waals surface area contributed by atoms with Gasteiger partial charge in [-0.2, -0.15) is 0 Å². The van der Waals surface area contributed by atoms with Crippen LogP contribution in [0.2, 0.25) is 0 Å². The van der Waals surface area contributed by atoms with Gasteiger partial charge in [0.05, 0.1) is 19.3 Å². The maximum atomic E-state index is 12.8. The van der Waals surface area contributed by atoms with Crippen molar-refractivity contribution < 1.29 is 29.1 Å². The Morgan fingerprint density at radius 3 is 2.19 bits per heavy atom. The Labute approximate surface area is 184 Å². The largest absolute Gasteiger partial charge is 0.480 e. The second-order valence-corrected chi connectivity index (χ2v) is 7.02. The zero-order valence-electron chi connectivity index (χ0n) is 17.5. The van der Waals surface area contributed by atoms with E-state index in [-0.39, 0.29) is 19.4 Å². The molecule has 0 bridgehead atoms. The van der Waals surface area contributed by atoms with E-state index < -0.39 is 54.1 Å². The van der Waals surface area contributed by atoms with E-state index in [1.165, 1.54) is 12.5 Å². The average Bonchev–Trinajstić information content (AvgIpc) is 3.24. The van der Waals surface area contributed by atoms with Crippen molar-refractivity contribution in [1.82, 2.24) is 25.9 Å². The van der Waals surface area contributed by atoms with E-state index in [2.05, 4.69) is 25.9 Å². The fraction of sp³-hybridized carbons (Fsp3) is 0.556. The molecule has 0 aliphatic rings. The average molecular weight is 454 g/mol. The van der Waals surface area contributed by atoms with Gasteiger partial charge in [-0.25, -0.2) is 9.78 Å². The summed E-state index contributed by atoms with van der Waals surface area (Å²) in [5, 5.41) is 16.4. The minimum Gasteiger partial charge on any atom is -0.480 e. The Hall–Kier alpha value is -3.52. The molecule has 0 radical (unpaired) electrons. The number of aromatic amines is 1. The number of primary amides is 1. The van der Waals surface area contributed by atoms with Crippen LogP contribution in [0.15, 0.2) is 12.5 Å². The first kappa shape index (κ1) is 26.5. The Bertz CT molecular complexity index is 784. The van der Waals surface area contributed by atoms with Gasteiger partial charge in [0.1, 0.15) is 18.1 Å². The van der Waals surface area contributed by atoms with Gasteiger partial charge in [0, 0.05) is 18.3 Å². The molecule has 0 aromatic carbocycles. The van der Waals surface area contributed by atoms with Gasteiger partial charge in [0.25, 0.3) is 0 Å². The van der Waals surface area contributed by atoms with E-state index in [1.54, 1.807) is 0 Å². The molecule has 178 valence electrons. The van der Waals surface area contributed by atoms with E-state index in [0.717, 1.165) is 0 Å². The summed E-state index contributed by atoms with van der Waals surface area (Å²) in [6.07, 6.45) is 3.39. The number of imidazole rings is 1. The number of hydrogen-bond donors (Lipinski definition) is 8. The van der Waals surface area contributed by atoms with Crippen molar-refractivity contribution in [2.75, 3.05) is 13.1 Å². The molecular formula is C18H30N8O6. The quantitative estimate of drug-likeness (QED) is 0.122. The van der Waals surface area contributed by atoms with Crippen molar-refractivity contribution in [3.05, 3.63) is 18.2 Å². The molecule has 1 rings (SSSR count). The van der Waals surface area contributed by atoms with E-state index in [0.29, 0.717) is 25.1 Å². The van der Waals surface area contributed by atoms with Crippen LogP contribution in [0.1, 0.15) is 31.4 Å². The summed E-state index contributed by atoms with van der Waals surface area (Å²) in [5.41, 5.74) is 16.4. The molecule has 1 heterocycles. The molecule has 0 saturated heterocycles. The first-order valence-electron chi connectivity index (χ1n) is 9.96. The normalized spacial score (nSPS) is 13.4. The first-order chi connectivity index (χ1) is 15.2. The van der Waals surface area contributed by atoms with Crippen molar-refractivity contribution in [2.45, 2.75) is 50.2 Å². The van der Waals surface area contributed by atoms with Gasteiger partial charge in [-0.1, -0.05) is 0 Å². The van der Waals surface area contributed by atoms with Crippen LogP contribution in [-0.4, -0.2) is 75.9 Å². The first-order valence-corrected chi connectivity index (χ1v) is 9.96. The van der Waals surface area contributed by atoms with Gasteiger partial charge in [-0.15, -0.1) is 0 Å². The second-order valence-electron chi connectivity index (χ2n) is 7.02. The number of carbonyl (C=O) groups excluding carboxylic acids is 4. The molecule has 3 unspecified atom stereocenters. The van der Waals surface area contributed by atoms with E-state index >= 15 is 0 Å². The number of carboxylic acids is 1. The van der Waals surface area contributed by atoms with Crippen molar-refractivity contribution in [1.29, 1.82) is 0 Å². The lowest BCUT2D eigenvalue weighted by Gasteiger charge is -2.23. The maximum Gasteiger partial charge on any atom is 0.326 e. The number of rotatable bonds is 15. The fourth-order valence-electron chi connectivity index (χ4n) is 2.78. The van der Waals surface area contributed by atoms with Crippen molar-refractivity contribution in [2.24, 2.45) is 17.2 Å². The van der Waals surface area contributed by atoms with Crippen LogP contribution in [0.4, 0.5) is 0 Å². The fourth-order valence-corrected chi connectivity index (χ4v) is 2.78. The van der Waals surface area contributed by atoms with Crippen LogP contribution < -0.4 is 33.2 Å². The molecule has 0 aliphatic carbocycles. The minimum atomic E-state index is -1.45. The Morgan fingerprint density at radius 1 is 1.00 bits per heavy atom. The highest BCUT2D eigenvalue weighted by Crippen LogP contribution is 2.04. The predicted octanol–water partition coefficient (Wildman–Crippen LogP) is -3.55. The van der Waals surface area contributed by atoms with Crippen molar-refractivity contribution in [3.8, 4) is 0 Å². The Balaban J connectivity index is 2.93. The van der Waals surface area contributed by atoms with E-state index in [9.17, 15) is 29.1 Å². The topological polar surface area (TPSA) is 248 Å². The number of nitrogens with zero attached hydrogens (tertiary/aromatic N) is 1. The zero-order chi connectivity index (χ0) is 24.1. The predicted molar refractivity (Wildman–Crippen MR) is 111 cm³/mol. The molecule has 14 nitrogen and oxygen atoms in total. The van der Waals surface area contributed by atoms with Gasteiger partial charge in [-0.3, -0.25) is 19.2 Å². The molecule has 4 amide bonds. The number of nitrogens with two attached hydrogens (primary N) is 3. The van der Waals surface area contributed by atoms with Gasteiger partial charge in [0.15, 0.2) is 0 Å². The molecule has 14 heteroatoms. The third-order valence-electron chi connectivity index (χ3n) is 4.42. The van der Waals surface area contributed by atoms with E-state index in [1.807, 2.05) is 0 Å². The second kappa shape index (κ2) is 13.7. The van der Waals surface area contributed by atoms with Crippen LogP contribution in [-0.2, 0) is 30.4 Å². The summed E-state index contributed by atoms with van der Waals surface area (Å²) in [5.74, 6) is -4.48. The van der Waals surface area contributed by atoms with Gasteiger partial charge < -0.3 is 43.2 Å². The zero-order valence-corrected chi connectivity index (χ0v) is 17.5. The smallest absolute Gasteiger partial charge is 0.326 e. The number of aromatic nitrogens is 2. The van der Waals surface area contributed by atoms with Crippen molar-refractivity contribution >= 4 is 29.6 Å². The standard InChI is InChI=1S/C18H30N8O6/c19-4-2-1-3-11(18(31)32)25-17(30)13(6-14(21)27)26-16(29)12(24-15(28)7-20)5-10-8-22-9-23-10/h8-9,11-13H,1-7,19-20H2,(H2,21,27)(H,22,23)(H,24,28)(H,25,30)(H,26,29)(H,31,32). The van der Waals surface area contributed by atoms with Crippen LogP contribution in [0, 0.1) is 0 Å². The number of aliphatic carboxylic acids is 1. The summed E-state index contributed by atoms with van der Waals surface area (Å²) in [6, 6.07) is -3.83. The third-order valence-corrected chi connectivity index (χ3v) is 4.42. The molecule has 0 aliphatic heterocycles. The minimum absolute atomic E-state index is 0.000671. The number of nitrogens with one attached hydrogen (secondary N) is 4. The van der Waals surface area contributed by atoms with Crippen LogP contribution in [0.5, 0.6) is 0 Å². The maximum absolute atomic E-state index is 12.8. The molecule has 32 heavy (non-hydrogen) atoms. The van der Waals surface area contributed by atoms with Crippen molar-refractivity contribution in [3.63, 3.8) is 0 Å². The Kier molecular flexibility index (Phi) is 11.4. The lowest BCUT2D eigenvalue weighted by atomic mass is 10.1. The molecule has 3 atom stereocenters. The number of unbranched alkanes of at least 4 members (excludes halogenated alkanes) is 1. The highest BCUT2D eigenvalue weighted by Gasteiger charge is 2.30. The number of H-pyrrole nitrogens is 1. The number of carbonyl (C=O) groups is 5. The summed E-state index contributed by atoms with van der Waals surface area (Å²) in [4.78, 5) is 66.6. The van der Waals surface area contributed by atoms with E-state index in [4.69, 9.17) is 17.2 Å². The Morgan fingerprint density at radius 2 is 1.66 bits per heavy atom.